The van der Waals surface area contributed by atoms with E-state index in [9.17, 15) is 9.59 Å². The molecule has 0 amide bonds. The molecule has 0 saturated carbocycles. The van der Waals surface area contributed by atoms with Crippen LogP contribution in [-0.2, 0) is 0 Å². The van der Waals surface area contributed by atoms with Crippen molar-refractivity contribution < 1.29 is 9.59 Å². The molecule has 3 aromatic rings. The molecule has 94 valence electrons. The molecule has 19 heavy (non-hydrogen) atoms. The fourth-order valence-corrected chi connectivity index (χ4v) is 3.88. The number of hydrogen-bond donors (Lipinski definition) is 0. The van der Waals surface area contributed by atoms with Gasteiger partial charge in [-0.05, 0) is 35.3 Å². The van der Waals surface area contributed by atoms with Crippen LogP contribution in [0.1, 0.15) is 20.7 Å². The Labute approximate surface area is 122 Å². The van der Waals surface area contributed by atoms with Crippen molar-refractivity contribution in [3.8, 4) is 0 Å². The lowest BCUT2D eigenvalue weighted by Gasteiger charge is -1.96. The van der Waals surface area contributed by atoms with Crippen LogP contribution in [0.5, 0.6) is 0 Å². The summed E-state index contributed by atoms with van der Waals surface area (Å²) < 4.78 is 1.56. The Morgan fingerprint density at radius 1 is 0.789 bits per heavy atom. The molecule has 0 radical (unpaired) electrons. The minimum atomic E-state index is -0.504. The first-order valence-electron chi connectivity index (χ1n) is 5.43. The average Bonchev–Trinajstić information content (AvgIpc) is 2.76. The summed E-state index contributed by atoms with van der Waals surface area (Å²) in [5, 5.41) is 0.810. The van der Waals surface area contributed by atoms with E-state index in [1.807, 2.05) is 12.1 Å². The van der Waals surface area contributed by atoms with Crippen LogP contribution in [0.25, 0.3) is 20.2 Å². The molecule has 0 atom stereocenters. The van der Waals surface area contributed by atoms with Crippen LogP contribution < -0.4 is 0 Å². The third-order valence-electron chi connectivity index (χ3n) is 2.95. The van der Waals surface area contributed by atoms with Gasteiger partial charge in [0.1, 0.15) is 0 Å². The highest BCUT2D eigenvalue weighted by molar-refractivity contribution is 7.26. The van der Waals surface area contributed by atoms with E-state index in [0.29, 0.717) is 11.1 Å². The zero-order valence-electron chi connectivity index (χ0n) is 9.44. The van der Waals surface area contributed by atoms with Gasteiger partial charge in [0.15, 0.2) is 0 Å². The Bertz CT molecular complexity index is 768. The Morgan fingerprint density at radius 2 is 1.21 bits per heavy atom. The van der Waals surface area contributed by atoms with Gasteiger partial charge in [0.05, 0.1) is 11.1 Å². The maximum atomic E-state index is 11.4. The van der Waals surface area contributed by atoms with Crippen molar-refractivity contribution in [2.45, 2.75) is 0 Å². The maximum absolute atomic E-state index is 11.4. The molecule has 0 aliphatic rings. The molecule has 0 aliphatic carbocycles. The van der Waals surface area contributed by atoms with Gasteiger partial charge in [0.2, 0.25) is 0 Å². The summed E-state index contributed by atoms with van der Waals surface area (Å²) in [5.74, 6) is 0. The van der Waals surface area contributed by atoms with Crippen LogP contribution >= 0.6 is 34.5 Å². The van der Waals surface area contributed by atoms with E-state index in [2.05, 4.69) is 0 Å². The molecule has 2 aromatic carbocycles. The molecule has 0 aliphatic heterocycles. The summed E-state index contributed by atoms with van der Waals surface area (Å²) in [6.45, 7) is 0. The predicted molar refractivity (Wildman–Crippen MR) is 79.7 cm³/mol. The number of fused-ring (bicyclic) bond motifs is 3. The summed E-state index contributed by atoms with van der Waals surface area (Å²) in [4.78, 5) is 22.9. The highest BCUT2D eigenvalue weighted by atomic mass is 35.5. The quantitative estimate of drug-likeness (QED) is 0.636. The number of carbonyl (C=O) groups is 2. The van der Waals surface area contributed by atoms with Crippen molar-refractivity contribution in [2.75, 3.05) is 0 Å². The highest BCUT2D eigenvalue weighted by Crippen LogP contribution is 2.38. The van der Waals surface area contributed by atoms with Crippen molar-refractivity contribution in [3.63, 3.8) is 0 Å². The zero-order valence-corrected chi connectivity index (χ0v) is 11.8. The summed E-state index contributed by atoms with van der Waals surface area (Å²) in [6, 6.07) is 10.7. The Hall–Kier alpha value is -1.42. The summed E-state index contributed by atoms with van der Waals surface area (Å²) in [6.07, 6.45) is 0. The van der Waals surface area contributed by atoms with Crippen molar-refractivity contribution >= 4 is 65.2 Å². The van der Waals surface area contributed by atoms with Gasteiger partial charge in [0.25, 0.3) is 10.5 Å². The Kier molecular flexibility index (Phi) is 3.05. The molecule has 5 heteroatoms. The van der Waals surface area contributed by atoms with Crippen molar-refractivity contribution in [1.29, 1.82) is 0 Å². The summed E-state index contributed by atoms with van der Waals surface area (Å²) >= 11 is 12.5. The smallest absolute Gasteiger partial charge is 0.253 e. The number of thiophene rings is 1. The normalized spacial score (nSPS) is 11.1. The minimum absolute atomic E-state index is 0.452. The number of benzene rings is 2. The molecule has 0 bridgehead atoms. The van der Waals surface area contributed by atoms with Crippen molar-refractivity contribution in [2.24, 2.45) is 0 Å². The van der Waals surface area contributed by atoms with E-state index in [0.717, 1.165) is 20.2 Å². The number of carbonyl (C=O) groups excluding carboxylic acids is 2. The fourth-order valence-electron chi connectivity index (χ4n) is 2.13. The van der Waals surface area contributed by atoms with E-state index < -0.39 is 10.5 Å². The third-order valence-corrected chi connectivity index (χ3v) is 4.64. The van der Waals surface area contributed by atoms with Gasteiger partial charge in [-0.2, -0.15) is 0 Å². The Balaban J connectivity index is 2.51. The first kappa shape index (κ1) is 12.6. The minimum Gasteiger partial charge on any atom is -0.276 e. The van der Waals surface area contributed by atoms with Crippen LogP contribution in [0.15, 0.2) is 36.4 Å². The molecular formula is C14H6Cl2O2S. The van der Waals surface area contributed by atoms with Gasteiger partial charge < -0.3 is 0 Å². The number of halogens is 2. The van der Waals surface area contributed by atoms with Gasteiger partial charge in [-0.15, -0.1) is 11.3 Å². The summed E-state index contributed by atoms with van der Waals surface area (Å²) in [7, 11) is 0. The molecule has 0 N–H and O–H groups in total. The van der Waals surface area contributed by atoms with Gasteiger partial charge in [-0.25, -0.2) is 0 Å². The van der Waals surface area contributed by atoms with Gasteiger partial charge in [0, 0.05) is 20.2 Å². The number of rotatable bonds is 2. The molecule has 0 saturated heterocycles. The SMILES string of the molecule is O=C(Cl)c1cccc2c1sc1c(C(=O)Cl)cccc12. The molecule has 1 heterocycles. The Morgan fingerprint density at radius 3 is 1.58 bits per heavy atom. The molecule has 1 aromatic heterocycles. The van der Waals surface area contributed by atoms with Crippen molar-refractivity contribution in [1.82, 2.24) is 0 Å². The molecule has 3 rings (SSSR count). The predicted octanol–water partition coefficient (Wildman–Crippen LogP) is 4.81. The number of hydrogen-bond acceptors (Lipinski definition) is 3. The monoisotopic (exact) mass is 308 g/mol. The lowest BCUT2D eigenvalue weighted by atomic mass is 10.1. The van der Waals surface area contributed by atoms with Crippen LogP contribution in [0.2, 0.25) is 0 Å². The van der Waals surface area contributed by atoms with Crippen LogP contribution in [0.4, 0.5) is 0 Å². The van der Waals surface area contributed by atoms with Crippen LogP contribution in [-0.4, -0.2) is 10.5 Å². The zero-order chi connectivity index (χ0) is 13.6. The van der Waals surface area contributed by atoms with Crippen molar-refractivity contribution in [3.05, 3.63) is 47.5 Å². The molecule has 0 unspecified atom stereocenters. The standard InChI is InChI=1S/C14H6Cl2O2S/c15-13(17)9-5-1-3-7-8-4-2-6-10(14(16)18)12(8)19-11(7)9/h1-6H. The summed E-state index contributed by atoms with van der Waals surface area (Å²) in [5.41, 5.74) is 0.904. The van der Waals surface area contributed by atoms with E-state index >= 15 is 0 Å². The van der Waals surface area contributed by atoms with Crippen LogP contribution in [0.3, 0.4) is 0 Å². The third kappa shape index (κ3) is 1.94. The average molecular weight is 309 g/mol. The van der Waals surface area contributed by atoms with E-state index in [1.54, 1.807) is 24.3 Å². The topological polar surface area (TPSA) is 34.1 Å². The second-order valence-electron chi connectivity index (χ2n) is 4.01. The molecule has 2 nitrogen and oxygen atoms in total. The second kappa shape index (κ2) is 4.60. The van der Waals surface area contributed by atoms with E-state index in [4.69, 9.17) is 23.2 Å². The lowest BCUT2D eigenvalue weighted by Crippen LogP contribution is -1.87. The molecular weight excluding hydrogens is 303 g/mol. The maximum Gasteiger partial charge on any atom is 0.253 e. The second-order valence-corrected chi connectivity index (χ2v) is 5.72. The van der Waals surface area contributed by atoms with E-state index in [-0.39, 0.29) is 0 Å². The molecule has 0 fully saturated rings. The highest BCUT2D eigenvalue weighted by Gasteiger charge is 2.16. The fraction of sp³-hybridized carbons (Fsp3) is 0. The first-order chi connectivity index (χ1) is 9.09. The van der Waals surface area contributed by atoms with Gasteiger partial charge in [-0.1, -0.05) is 24.3 Å². The largest absolute Gasteiger partial charge is 0.276 e. The first-order valence-corrected chi connectivity index (χ1v) is 7.00. The van der Waals surface area contributed by atoms with Crippen LogP contribution in [0, 0.1) is 0 Å². The van der Waals surface area contributed by atoms with Gasteiger partial charge >= 0.3 is 0 Å². The lowest BCUT2D eigenvalue weighted by molar-refractivity contribution is 0.107. The van der Waals surface area contributed by atoms with Gasteiger partial charge in [-0.3, -0.25) is 9.59 Å². The molecule has 0 spiro atoms. The van der Waals surface area contributed by atoms with E-state index in [1.165, 1.54) is 11.3 Å².